The number of thiazole rings is 1. The summed E-state index contributed by atoms with van der Waals surface area (Å²) in [7, 11) is 0. The van der Waals surface area contributed by atoms with Gasteiger partial charge in [-0.1, -0.05) is 24.3 Å². The number of para-hydroxylation sites is 3. The summed E-state index contributed by atoms with van der Waals surface area (Å²) < 4.78 is 13.4. The van der Waals surface area contributed by atoms with Gasteiger partial charge in [-0.3, -0.25) is 0 Å². The number of aromatic nitrogens is 2. The van der Waals surface area contributed by atoms with Crippen LogP contribution in [0.3, 0.4) is 0 Å². The van der Waals surface area contributed by atoms with Gasteiger partial charge in [-0.2, -0.15) is 0 Å². The van der Waals surface area contributed by atoms with Gasteiger partial charge >= 0.3 is 5.97 Å². The van der Waals surface area contributed by atoms with E-state index in [0.717, 1.165) is 26.3 Å². The molecular formula is C21H12N2O4S3. The Morgan fingerprint density at radius 2 is 1.77 bits per heavy atom. The lowest BCUT2D eigenvalue weighted by Crippen LogP contribution is -1.96. The Morgan fingerprint density at radius 1 is 0.967 bits per heavy atom. The number of aliphatic carboxylic acids is 1. The quantitative estimate of drug-likeness (QED) is 0.234. The Kier molecular flexibility index (Phi) is 5.07. The fraction of sp³-hybridized carbons (Fsp3) is 0. The average molecular weight is 453 g/mol. The van der Waals surface area contributed by atoms with Crippen LogP contribution in [0.1, 0.15) is 5.76 Å². The van der Waals surface area contributed by atoms with E-state index in [1.807, 2.05) is 42.5 Å². The zero-order chi connectivity index (χ0) is 20.5. The first kappa shape index (κ1) is 19.0. The third-order valence-corrected chi connectivity index (χ3v) is 6.90. The first-order chi connectivity index (χ1) is 14.6. The molecule has 3 heterocycles. The molecule has 0 aliphatic carbocycles. The zero-order valence-corrected chi connectivity index (χ0v) is 17.6. The smallest absolute Gasteiger partial charge is 0.342 e. The second-order valence-electron chi connectivity index (χ2n) is 6.07. The van der Waals surface area contributed by atoms with Gasteiger partial charge in [-0.25, -0.2) is 14.8 Å². The highest BCUT2D eigenvalue weighted by Crippen LogP contribution is 2.36. The molecule has 0 atom stereocenters. The van der Waals surface area contributed by atoms with E-state index in [1.54, 1.807) is 29.5 Å². The molecule has 0 fully saturated rings. The summed E-state index contributed by atoms with van der Waals surface area (Å²) in [5.41, 5.74) is 2.23. The van der Waals surface area contributed by atoms with E-state index in [1.165, 1.54) is 17.8 Å². The minimum Gasteiger partial charge on any atom is -0.477 e. The normalized spacial score (nSPS) is 12.1. The number of furan rings is 1. The first-order valence-electron chi connectivity index (χ1n) is 8.76. The van der Waals surface area contributed by atoms with E-state index in [2.05, 4.69) is 9.97 Å². The molecule has 0 unspecified atom stereocenters. The summed E-state index contributed by atoms with van der Waals surface area (Å²) >= 11 is 3.92. The minimum absolute atomic E-state index is 0.0486. The standard InChI is InChI=1S/C21H12N2O4S3/c24-19(25)17(28-20-22-13-5-1-3-7-15(13)27-20)11-12-9-10-18(26-12)30-21-23-14-6-2-4-8-16(14)29-21/h1-11H,(H,24,25)/b17-11-. The van der Waals surface area contributed by atoms with Crippen molar-refractivity contribution in [1.29, 1.82) is 0 Å². The van der Waals surface area contributed by atoms with Crippen LogP contribution in [-0.4, -0.2) is 21.0 Å². The van der Waals surface area contributed by atoms with Crippen molar-refractivity contribution >= 4 is 68.2 Å². The summed E-state index contributed by atoms with van der Waals surface area (Å²) in [6.07, 6.45) is 1.46. The third-order valence-electron chi connectivity index (χ3n) is 4.02. The van der Waals surface area contributed by atoms with Gasteiger partial charge in [0.05, 0.1) is 10.2 Å². The van der Waals surface area contributed by atoms with Crippen molar-refractivity contribution in [3.63, 3.8) is 0 Å². The number of carbonyl (C=O) groups is 1. The lowest BCUT2D eigenvalue weighted by atomic mass is 10.3. The van der Waals surface area contributed by atoms with Crippen LogP contribution in [0.4, 0.5) is 0 Å². The van der Waals surface area contributed by atoms with Crippen molar-refractivity contribution < 1.29 is 18.7 Å². The molecule has 1 N–H and O–H groups in total. The maximum absolute atomic E-state index is 11.7. The molecule has 5 aromatic rings. The second-order valence-corrected chi connectivity index (χ2v) is 9.35. The predicted molar refractivity (Wildman–Crippen MR) is 118 cm³/mol. The van der Waals surface area contributed by atoms with E-state index < -0.39 is 5.97 Å². The van der Waals surface area contributed by atoms with Crippen LogP contribution in [0.25, 0.3) is 27.4 Å². The van der Waals surface area contributed by atoms with Crippen molar-refractivity contribution in [2.75, 3.05) is 0 Å². The van der Waals surface area contributed by atoms with E-state index in [0.29, 0.717) is 22.0 Å². The molecule has 9 heteroatoms. The number of hydrogen-bond donors (Lipinski definition) is 1. The van der Waals surface area contributed by atoms with Crippen LogP contribution in [-0.2, 0) is 4.79 Å². The maximum Gasteiger partial charge on any atom is 0.342 e. The van der Waals surface area contributed by atoms with Crippen LogP contribution >= 0.6 is 34.9 Å². The number of rotatable bonds is 6. The molecule has 2 aromatic carbocycles. The Labute approximate surface area is 182 Å². The Balaban J connectivity index is 1.36. The predicted octanol–water partition coefficient (Wildman–Crippen LogP) is 6.40. The average Bonchev–Trinajstić information content (AvgIpc) is 3.44. The highest BCUT2D eigenvalue weighted by molar-refractivity contribution is 8.03. The minimum atomic E-state index is -1.08. The molecule has 0 spiro atoms. The molecule has 6 nitrogen and oxygen atoms in total. The number of fused-ring (bicyclic) bond motifs is 2. The maximum atomic E-state index is 11.7. The van der Waals surface area contributed by atoms with Gasteiger partial charge in [0.25, 0.3) is 5.22 Å². The third kappa shape index (κ3) is 4.00. The molecule has 0 saturated carbocycles. The molecule has 0 aliphatic heterocycles. The van der Waals surface area contributed by atoms with Crippen LogP contribution in [0.2, 0.25) is 0 Å². The van der Waals surface area contributed by atoms with Crippen molar-refractivity contribution in [1.82, 2.24) is 9.97 Å². The first-order valence-corrected chi connectivity index (χ1v) is 11.2. The molecule has 0 aliphatic rings. The van der Waals surface area contributed by atoms with Gasteiger partial charge in [0, 0.05) is 6.08 Å². The van der Waals surface area contributed by atoms with Crippen LogP contribution in [0.5, 0.6) is 0 Å². The summed E-state index contributed by atoms with van der Waals surface area (Å²) in [6.45, 7) is 0. The molecule has 0 bridgehead atoms. The molecule has 0 saturated heterocycles. The summed E-state index contributed by atoms with van der Waals surface area (Å²) in [6, 6.07) is 18.7. The number of hydrogen-bond acceptors (Lipinski definition) is 8. The molecular weight excluding hydrogens is 440 g/mol. The van der Waals surface area contributed by atoms with Gasteiger partial charge in [0.15, 0.2) is 15.0 Å². The fourth-order valence-corrected chi connectivity index (χ4v) is 5.40. The van der Waals surface area contributed by atoms with Crippen LogP contribution < -0.4 is 0 Å². The van der Waals surface area contributed by atoms with Crippen molar-refractivity contribution in [3.8, 4) is 0 Å². The van der Waals surface area contributed by atoms with E-state index in [4.69, 9.17) is 8.83 Å². The van der Waals surface area contributed by atoms with Gasteiger partial charge in [-0.15, -0.1) is 11.3 Å². The lowest BCUT2D eigenvalue weighted by Gasteiger charge is -1.97. The van der Waals surface area contributed by atoms with Gasteiger partial charge < -0.3 is 13.9 Å². The Hall–Kier alpha value is -3.01. The zero-order valence-electron chi connectivity index (χ0n) is 15.1. The molecule has 30 heavy (non-hydrogen) atoms. The fourth-order valence-electron chi connectivity index (χ4n) is 2.70. The topological polar surface area (TPSA) is 89.4 Å². The monoisotopic (exact) mass is 452 g/mol. The van der Waals surface area contributed by atoms with Crippen molar-refractivity contribution in [3.05, 3.63) is 71.3 Å². The van der Waals surface area contributed by atoms with E-state index >= 15 is 0 Å². The molecule has 0 amide bonds. The van der Waals surface area contributed by atoms with Crippen LogP contribution in [0, 0.1) is 0 Å². The van der Waals surface area contributed by atoms with Gasteiger partial charge in [0.2, 0.25) is 0 Å². The molecule has 3 aromatic heterocycles. The second kappa shape index (κ2) is 8.02. The number of nitrogens with zero attached hydrogens (tertiary/aromatic N) is 2. The van der Waals surface area contributed by atoms with E-state index in [-0.39, 0.29) is 10.1 Å². The number of oxazole rings is 1. The summed E-state index contributed by atoms with van der Waals surface area (Å²) in [4.78, 5) is 20.6. The highest BCUT2D eigenvalue weighted by Gasteiger charge is 2.16. The van der Waals surface area contributed by atoms with E-state index in [9.17, 15) is 9.90 Å². The van der Waals surface area contributed by atoms with Crippen molar-refractivity contribution in [2.24, 2.45) is 0 Å². The van der Waals surface area contributed by atoms with Crippen LogP contribution in [0.15, 0.2) is 89.1 Å². The number of carboxylic acid groups (broad SMARTS) is 1. The Bertz CT molecular complexity index is 1330. The SMILES string of the molecule is O=C(O)/C(=C/c1ccc(Sc2nc3ccccc3s2)o1)Sc1nc2ccccc2o1. The summed E-state index contributed by atoms with van der Waals surface area (Å²) in [5, 5.41) is 10.5. The highest BCUT2D eigenvalue weighted by atomic mass is 32.2. The number of thioether (sulfide) groups is 1. The Morgan fingerprint density at radius 3 is 2.57 bits per heavy atom. The van der Waals surface area contributed by atoms with Gasteiger partial charge in [-0.05, 0) is 59.9 Å². The van der Waals surface area contributed by atoms with Crippen molar-refractivity contribution in [2.45, 2.75) is 14.7 Å². The number of benzene rings is 2. The largest absolute Gasteiger partial charge is 0.477 e. The molecule has 0 radical (unpaired) electrons. The molecule has 5 rings (SSSR count). The lowest BCUT2D eigenvalue weighted by molar-refractivity contribution is -0.131. The van der Waals surface area contributed by atoms with Gasteiger partial charge in [0.1, 0.15) is 16.2 Å². The molecule has 148 valence electrons. The summed E-state index contributed by atoms with van der Waals surface area (Å²) in [5.74, 6) is -0.654. The number of carboxylic acids is 1.